The van der Waals surface area contributed by atoms with Gasteiger partial charge in [-0.2, -0.15) is 0 Å². The first-order valence-corrected chi connectivity index (χ1v) is 9.78. The number of nitrogens with zero attached hydrogens (tertiary/aromatic N) is 3. The molecule has 0 aliphatic carbocycles. The van der Waals surface area contributed by atoms with Gasteiger partial charge in [-0.1, -0.05) is 47.6 Å². The fourth-order valence-electron chi connectivity index (χ4n) is 2.34. The molecule has 28 heavy (non-hydrogen) atoms. The van der Waals surface area contributed by atoms with Gasteiger partial charge in [-0.15, -0.1) is 0 Å². The minimum atomic E-state index is -0.470. The van der Waals surface area contributed by atoms with Crippen molar-refractivity contribution in [2.45, 2.75) is 10.9 Å². The van der Waals surface area contributed by atoms with Crippen LogP contribution in [-0.2, 0) is 5.75 Å². The molecule has 0 aliphatic heterocycles. The van der Waals surface area contributed by atoms with Crippen LogP contribution in [0.5, 0.6) is 0 Å². The maximum Gasteiger partial charge on any atom is 0.255 e. The van der Waals surface area contributed by atoms with Gasteiger partial charge in [0.15, 0.2) is 5.16 Å². The van der Waals surface area contributed by atoms with Gasteiger partial charge in [0, 0.05) is 31.5 Å². The van der Waals surface area contributed by atoms with E-state index in [4.69, 9.17) is 11.6 Å². The van der Waals surface area contributed by atoms with Gasteiger partial charge in [0.05, 0.1) is 5.69 Å². The molecule has 1 N–H and O–H groups in total. The zero-order chi connectivity index (χ0) is 20.1. The molecule has 0 saturated carbocycles. The molecule has 144 valence electrons. The number of benzene rings is 2. The van der Waals surface area contributed by atoms with Crippen molar-refractivity contribution < 1.29 is 9.18 Å². The number of carbonyl (C=O) groups is 1. The van der Waals surface area contributed by atoms with Gasteiger partial charge in [-0.3, -0.25) is 4.79 Å². The number of nitrogens with one attached hydrogen (secondary N) is 1. The van der Waals surface area contributed by atoms with Crippen molar-refractivity contribution in [3.8, 4) is 0 Å². The molecule has 1 heterocycles. The molecule has 3 rings (SSSR count). The van der Waals surface area contributed by atoms with Crippen LogP contribution in [0.2, 0.25) is 5.15 Å². The van der Waals surface area contributed by atoms with Gasteiger partial charge in [0.1, 0.15) is 16.8 Å². The molecule has 8 heteroatoms. The number of amides is 1. The molecule has 0 saturated heterocycles. The molecule has 0 bridgehead atoms. The number of aromatic nitrogens is 2. The van der Waals surface area contributed by atoms with Crippen molar-refractivity contribution in [2.75, 3.05) is 24.3 Å². The number of carbonyl (C=O) groups excluding carboxylic acids is 1. The second-order valence-corrected chi connectivity index (χ2v) is 7.48. The van der Waals surface area contributed by atoms with Crippen molar-refractivity contribution in [2.24, 2.45) is 0 Å². The number of halogens is 2. The summed E-state index contributed by atoms with van der Waals surface area (Å²) in [5.74, 6) is 0.533. The minimum absolute atomic E-state index is 0.155. The van der Waals surface area contributed by atoms with E-state index in [0.29, 0.717) is 21.6 Å². The molecule has 0 radical (unpaired) electrons. The second-order valence-electron chi connectivity index (χ2n) is 6.15. The Morgan fingerprint density at radius 3 is 2.54 bits per heavy atom. The van der Waals surface area contributed by atoms with E-state index in [1.807, 2.05) is 31.1 Å². The molecular formula is C20H18ClFN4OS. The van der Waals surface area contributed by atoms with Crippen LogP contribution in [0.4, 0.5) is 15.9 Å². The van der Waals surface area contributed by atoms with Crippen molar-refractivity contribution in [3.63, 3.8) is 0 Å². The molecule has 0 unspecified atom stereocenters. The Kier molecular flexibility index (Phi) is 6.49. The third kappa shape index (κ3) is 5.21. The van der Waals surface area contributed by atoms with Gasteiger partial charge in [0.25, 0.3) is 5.91 Å². The zero-order valence-corrected chi connectivity index (χ0v) is 16.9. The predicted molar refractivity (Wildman–Crippen MR) is 112 cm³/mol. The van der Waals surface area contributed by atoms with E-state index in [0.717, 1.165) is 11.4 Å². The Morgan fingerprint density at radius 2 is 1.86 bits per heavy atom. The van der Waals surface area contributed by atoms with E-state index >= 15 is 0 Å². The van der Waals surface area contributed by atoms with Crippen LogP contribution in [0.1, 0.15) is 15.9 Å². The first-order valence-electron chi connectivity index (χ1n) is 8.42. The van der Waals surface area contributed by atoms with Gasteiger partial charge in [-0.05, 0) is 29.8 Å². The highest BCUT2D eigenvalue weighted by molar-refractivity contribution is 7.98. The molecule has 0 fully saturated rings. The zero-order valence-electron chi connectivity index (χ0n) is 15.3. The Morgan fingerprint density at radius 1 is 1.14 bits per heavy atom. The maximum absolute atomic E-state index is 13.7. The molecule has 1 aromatic heterocycles. The van der Waals surface area contributed by atoms with Crippen LogP contribution in [0.25, 0.3) is 0 Å². The van der Waals surface area contributed by atoms with Crippen molar-refractivity contribution in [1.82, 2.24) is 9.97 Å². The highest BCUT2D eigenvalue weighted by Gasteiger charge is 2.10. The number of anilines is 2. The van der Waals surface area contributed by atoms with Crippen LogP contribution in [-0.4, -0.2) is 30.0 Å². The molecule has 0 atom stereocenters. The Balaban J connectivity index is 1.63. The van der Waals surface area contributed by atoms with Crippen LogP contribution in [0, 0.1) is 5.82 Å². The lowest BCUT2D eigenvalue weighted by molar-refractivity contribution is 0.102. The highest BCUT2D eigenvalue weighted by atomic mass is 35.5. The largest absolute Gasteiger partial charge is 0.363 e. The van der Waals surface area contributed by atoms with Crippen LogP contribution in [0.3, 0.4) is 0 Å². The summed E-state index contributed by atoms with van der Waals surface area (Å²) < 4.78 is 13.7. The average Bonchev–Trinajstić information content (AvgIpc) is 2.68. The third-order valence-corrected chi connectivity index (χ3v) is 4.94. The summed E-state index contributed by atoms with van der Waals surface area (Å²) in [6.07, 6.45) is 0. The normalized spacial score (nSPS) is 10.6. The first-order chi connectivity index (χ1) is 13.4. The molecule has 2 aromatic carbocycles. The van der Waals surface area contributed by atoms with Crippen LogP contribution in [0.15, 0.2) is 59.8 Å². The third-order valence-electron chi connectivity index (χ3n) is 3.83. The summed E-state index contributed by atoms with van der Waals surface area (Å²) >= 11 is 7.50. The lowest BCUT2D eigenvalue weighted by Gasteiger charge is -2.12. The van der Waals surface area contributed by atoms with Crippen molar-refractivity contribution >= 4 is 40.8 Å². The van der Waals surface area contributed by atoms with Crippen LogP contribution < -0.4 is 10.2 Å². The Bertz CT molecular complexity index is 982. The summed E-state index contributed by atoms with van der Waals surface area (Å²) in [4.78, 5) is 22.8. The quantitative estimate of drug-likeness (QED) is 0.352. The van der Waals surface area contributed by atoms with Crippen molar-refractivity contribution in [1.29, 1.82) is 0 Å². The van der Waals surface area contributed by atoms with Crippen molar-refractivity contribution in [3.05, 3.63) is 76.7 Å². The summed E-state index contributed by atoms with van der Waals surface area (Å²) in [5.41, 5.74) is 1.61. The average molecular weight is 417 g/mol. The molecule has 0 aliphatic rings. The van der Waals surface area contributed by atoms with E-state index < -0.39 is 5.82 Å². The minimum Gasteiger partial charge on any atom is -0.363 e. The van der Waals surface area contributed by atoms with Gasteiger partial charge in [-0.25, -0.2) is 14.4 Å². The van der Waals surface area contributed by atoms with Gasteiger partial charge in [0.2, 0.25) is 0 Å². The topological polar surface area (TPSA) is 58.1 Å². The monoisotopic (exact) mass is 416 g/mol. The second kappa shape index (κ2) is 9.03. The van der Waals surface area contributed by atoms with E-state index in [9.17, 15) is 9.18 Å². The smallest absolute Gasteiger partial charge is 0.255 e. The lowest BCUT2D eigenvalue weighted by atomic mass is 10.1. The molecule has 0 spiro atoms. The SMILES string of the molecule is CN(C)c1cc(Cl)nc(SCc2ccc(C(=O)Nc3ccccc3F)cc2)n1. The molecule has 1 amide bonds. The first kappa shape index (κ1) is 20.1. The Hall–Kier alpha value is -2.64. The summed E-state index contributed by atoms with van der Waals surface area (Å²) in [6, 6.07) is 14.9. The number of hydrogen-bond donors (Lipinski definition) is 1. The van der Waals surface area contributed by atoms with Gasteiger partial charge >= 0.3 is 0 Å². The summed E-state index contributed by atoms with van der Waals surface area (Å²) in [7, 11) is 3.77. The number of hydrogen-bond acceptors (Lipinski definition) is 5. The van der Waals surface area contributed by atoms with E-state index in [-0.39, 0.29) is 11.6 Å². The highest BCUT2D eigenvalue weighted by Crippen LogP contribution is 2.24. The molecular weight excluding hydrogens is 399 g/mol. The van der Waals surface area contributed by atoms with E-state index in [2.05, 4.69) is 15.3 Å². The standard InChI is InChI=1S/C20H18ClFN4OS/c1-26(2)18-11-17(21)24-20(25-18)28-12-13-7-9-14(10-8-13)19(27)23-16-6-4-3-5-15(16)22/h3-11H,12H2,1-2H3,(H,23,27). The number of thioether (sulfide) groups is 1. The predicted octanol–water partition coefficient (Wildman–Crippen LogP) is 4.88. The summed E-state index contributed by atoms with van der Waals surface area (Å²) in [6.45, 7) is 0. The summed E-state index contributed by atoms with van der Waals surface area (Å²) in [5, 5.41) is 3.54. The molecule has 5 nitrogen and oxygen atoms in total. The maximum atomic E-state index is 13.7. The van der Waals surface area contributed by atoms with Crippen LogP contribution >= 0.6 is 23.4 Å². The van der Waals surface area contributed by atoms with E-state index in [1.54, 1.807) is 30.3 Å². The fraction of sp³-hybridized carbons (Fsp3) is 0.150. The molecule has 3 aromatic rings. The fourth-order valence-corrected chi connectivity index (χ4v) is 3.37. The number of para-hydroxylation sites is 1. The Labute approximate surface area is 172 Å². The number of rotatable bonds is 6. The van der Waals surface area contributed by atoms with Gasteiger partial charge < -0.3 is 10.2 Å². The van der Waals surface area contributed by atoms with E-state index in [1.165, 1.54) is 23.9 Å². The lowest BCUT2D eigenvalue weighted by Crippen LogP contribution is -2.12.